The van der Waals surface area contributed by atoms with E-state index in [1.54, 1.807) is 36.5 Å². The molecule has 1 fully saturated rings. The minimum Gasteiger partial charge on any atom is -0.395 e. The van der Waals surface area contributed by atoms with Gasteiger partial charge in [0.05, 0.1) is 6.61 Å². The maximum atomic E-state index is 12.4. The van der Waals surface area contributed by atoms with E-state index in [2.05, 4.69) is 15.2 Å². The summed E-state index contributed by atoms with van der Waals surface area (Å²) in [4.78, 5) is 29.3. The summed E-state index contributed by atoms with van der Waals surface area (Å²) in [7, 11) is 0. The molecule has 2 aromatic rings. The van der Waals surface area contributed by atoms with Gasteiger partial charge in [-0.2, -0.15) is 0 Å². The number of piperidine rings is 1. The van der Waals surface area contributed by atoms with Crippen molar-refractivity contribution in [3.8, 4) is 11.1 Å². The van der Waals surface area contributed by atoms with Gasteiger partial charge in [0.15, 0.2) is 0 Å². The van der Waals surface area contributed by atoms with E-state index < -0.39 is 0 Å². The molecular formula is C20H25N3O3. The minimum atomic E-state index is -0.176. The van der Waals surface area contributed by atoms with Crippen LogP contribution in [0.3, 0.4) is 0 Å². The van der Waals surface area contributed by atoms with Crippen LogP contribution in [0.25, 0.3) is 11.1 Å². The van der Waals surface area contributed by atoms with Crippen LogP contribution in [0.5, 0.6) is 0 Å². The predicted octanol–water partition coefficient (Wildman–Crippen LogP) is 1.62. The number of aliphatic hydroxyl groups excluding tert-OH is 1. The van der Waals surface area contributed by atoms with Gasteiger partial charge in [-0.3, -0.25) is 14.5 Å². The molecule has 1 atom stereocenters. The van der Waals surface area contributed by atoms with Gasteiger partial charge in [0.1, 0.15) is 0 Å². The second-order valence-corrected chi connectivity index (χ2v) is 6.62. The Morgan fingerprint density at radius 3 is 2.96 bits per heavy atom. The van der Waals surface area contributed by atoms with Crippen LogP contribution in [0.1, 0.15) is 29.6 Å². The zero-order chi connectivity index (χ0) is 18.4. The van der Waals surface area contributed by atoms with Gasteiger partial charge >= 0.3 is 0 Å². The van der Waals surface area contributed by atoms with E-state index >= 15 is 0 Å². The minimum absolute atomic E-state index is 0.156. The Hall–Kier alpha value is -2.44. The smallest absolute Gasteiger partial charge is 0.255 e. The summed E-state index contributed by atoms with van der Waals surface area (Å²) >= 11 is 0. The highest BCUT2D eigenvalue weighted by Gasteiger charge is 2.21. The van der Waals surface area contributed by atoms with Crippen LogP contribution in [0, 0.1) is 0 Å². The van der Waals surface area contributed by atoms with E-state index in [-0.39, 0.29) is 24.1 Å². The van der Waals surface area contributed by atoms with Crippen molar-refractivity contribution in [2.24, 2.45) is 0 Å². The molecule has 2 heterocycles. The molecule has 138 valence electrons. The first-order valence-electron chi connectivity index (χ1n) is 9.10. The van der Waals surface area contributed by atoms with Crippen molar-refractivity contribution in [1.82, 2.24) is 15.2 Å². The molecule has 1 amide bonds. The summed E-state index contributed by atoms with van der Waals surface area (Å²) in [5.74, 6) is -0.156. The first-order chi connectivity index (χ1) is 12.7. The van der Waals surface area contributed by atoms with Crippen LogP contribution in [0.4, 0.5) is 0 Å². The molecule has 0 bridgehead atoms. The van der Waals surface area contributed by atoms with Crippen molar-refractivity contribution in [3.63, 3.8) is 0 Å². The number of pyridine rings is 1. The molecule has 6 heteroatoms. The van der Waals surface area contributed by atoms with Crippen LogP contribution in [0.2, 0.25) is 0 Å². The van der Waals surface area contributed by atoms with Crippen molar-refractivity contribution in [2.45, 2.75) is 25.3 Å². The largest absolute Gasteiger partial charge is 0.395 e. The Kier molecular flexibility index (Phi) is 6.20. The lowest BCUT2D eigenvalue weighted by Gasteiger charge is -2.34. The molecular weight excluding hydrogens is 330 g/mol. The number of nitrogens with one attached hydrogen (secondary N) is 2. The molecule has 1 unspecified atom stereocenters. The van der Waals surface area contributed by atoms with Crippen LogP contribution < -0.4 is 10.9 Å². The zero-order valence-corrected chi connectivity index (χ0v) is 14.8. The molecule has 0 saturated carbocycles. The molecule has 1 aliphatic rings. The maximum Gasteiger partial charge on any atom is 0.255 e. The fourth-order valence-corrected chi connectivity index (χ4v) is 3.45. The first kappa shape index (κ1) is 18.4. The van der Waals surface area contributed by atoms with Gasteiger partial charge in [0.25, 0.3) is 11.5 Å². The number of aromatic amines is 1. The van der Waals surface area contributed by atoms with Crippen LogP contribution >= 0.6 is 0 Å². The van der Waals surface area contributed by atoms with Crippen molar-refractivity contribution in [3.05, 3.63) is 58.5 Å². The van der Waals surface area contributed by atoms with Crippen molar-refractivity contribution >= 4 is 5.91 Å². The number of hydrogen-bond donors (Lipinski definition) is 3. The van der Waals surface area contributed by atoms with E-state index in [4.69, 9.17) is 0 Å². The standard InChI is InChI=1S/C20H25N3O3/c24-14-17-7-1-2-11-23(17)12-10-22-19(25)16-6-3-5-15(13-16)18-8-4-9-21-20(18)26/h3-6,8-9,13,17,24H,1-2,7,10-12,14H2,(H,21,26)(H,22,25). The number of H-pyrrole nitrogens is 1. The summed E-state index contributed by atoms with van der Waals surface area (Å²) in [6.07, 6.45) is 4.89. The molecule has 1 saturated heterocycles. The number of benzene rings is 1. The van der Waals surface area contributed by atoms with E-state index in [0.29, 0.717) is 17.7 Å². The van der Waals surface area contributed by atoms with E-state index in [0.717, 1.165) is 37.9 Å². The molecule has 3 rings (SSSR count). The highest BCUT2D eigenvalue weighted by Crippen LogP contribution is 2.17. The van der Waals surface area contributed by atoms with Gasteiger partial charge < -0.3 is 15.4 Å². The Morgan fingerprint density at radius 1 is 1.27 bits per heavy atom. The quantitative estimate of drug-likeness (QED) is 0.735. The predicted molar refractivity (Wildman–Crippen MR) is 101 cm³/mol. The van der Waals surface area contributed by atoms with E-state index in [9.17, 15) is 14.7 Å². The number of aliphatic hydroxyl groups is 1. The lowest BCUT2D eigenvalue weighted by Crippen LogP contribution is -2.45. The van der Waals surface area contributed by atoms with Crippen molar-refractivity contribution in [1.29, 1.82) is 0 Å². The highest BCUT2D eigenvalue weighted by molar-refractivity contribution is 5.95. The Bertz CT molecular complexity index is 803. The second-order valence-electron chi connectivity index (χ2n) is 6.62. The number of carbonyl (C=O) groups is 1. The summed E-state index contributed by atoms with van der Waals surface area (Å²) < 4.78 is 0. The van der Waals surface area contributed by atoms with Gasteiger partial charge in [0.2, 0.25) is 0 Å². The summed E-state index contributed by atoms with van der Waals surface area (Å²) in [6.45, 7) is 2.40. The summed E-state index contributed by atoms with van der Waals surface area (Å²) in [6, 6.07) is 10.8. The fraction of sp³-hybridized carbons (Fsp3) is 0.400. The van der Waals surface area contributed by atoms with E-state index in [1.165, 1.54) is 0 Å². The molecule has 1 aliphatic heterocycles. The monoisotopic (exact) mass is 355 g/mol. The molecule has 0 radical (unpaired) electrons. The molecule has 1 aromatic heterocycles. The molecule has 0 aliphatic carbocycles. The number of aromatic nitrogens is 1. The number of rotatable bonds is 6. The third-order valence-electron chi connectivity index (χ3n) is 4.90. The zero-order valence-electron chi connectivity index (χ0n) is 14.8. The molecule has 1 aromatic carbocycles. The highest BCUT2D eigenvalue weighted by atomic mass is 16.3. The fourth-order valence-electron chi connectivity index (χ4n) is 3.45. The van der Waals surface area contributed by atoms with Gasteiger partial charge in [-0.05, 0) is 49.2 Å². The van der Waals surface area contributed by atoms with Crippen LogP contribution in [-0.4, -0.2) is 53.2 Å². The topological polar surface area (TPSA) is 85.4 Å². The van der Waals surface area contributed by atoms with Gasteiger partial charge in [0, 0.05) is 36.5 Å². The maximum absolute atomic E-state index is 12.4. The number of amides is 1. The Labute approximate surface area is 152 Å². The number of nitrogens with zero attached hydrogens (tertiary/aromatic N) is 1. The van der Waals surface area contributed by atoms with Crippen molar-refractivity contribution < 1.29 is 9.90 Å². The third-order valence-corrected chi connectivity index (χ3v) is 4.90. The Morgan fingerprint density at radius 2 is 2.15 bits per heavy atom. The van der Waals surface area contributed by atoms with Gasteiger partial charge in [-0.15, -0.1) is 0 Å². The second kappa shape index (κ2) is 8.78. The molecule has 0 spiro atoms. The van der Waals surface area contributed by atoms with Crippen molar-refractivity contribution in [2.75, 3.05) is 26.2 Å². The summed E-state index contributed by atoms with van der Waals surface area (Å²) in [5.41, 5.74) is 1.62. The summed E-state index contributed by atoms with van der Waals surface area (Å²) in [5, 5.41) is 12.4. The van der Waals surface area contributed by atoms with Crippen LogP contribution in [0.15, 0.2) is 47.4 Å². The van der Waals surface area contributed by atoms with Crippen LogP contribution in [-0.2, 0) is 0 Å². The average molecular weight is 355 g/mol. The number of carbonyl (C=O) groups excluding carboxylic acids is 1. The van der Waals surface area contributed by atoms with Gasteiger partial charge in [-0.1, -0.05) is 18.6 Å². The number of hydrogen-bond acceptors (Lipinski definition) is 4. The lowest BCUT2D eigenvalue weighted by atomic mass is 10.0. The lowest BCUT2D eigenvalue weighted by molar-refractivity contribution is 0.0849. The molecule has 26 heavy (non-hydrogen) atoms. The SMILES string of the molecule is O=C(NCCN1CCCCC1CO)c1cccc(-c2ccc[nH]c2=O)c1. The molecule has 6 nitrogen and oxygen atoms in total. The van der Waals surface area contributed by atoms with E-state index in [1.807, 2.05) is 6.07 Å². The molecule has 3 N–H and O–H groups in total. The normalized spacial score (nSPS) is 17.8. The Balaban J connectivity index is 1.61. The third kappa shape index (κ3) is 4.39. The first-order valence-corrected chi connectivity index (χ1v) is 9.10. The number of likely N-dealkylation sites (tertiary alicyclic amines) is 1. The average Bonchev–Trinajstić information content (AvgIpc) is 2.68. The van der Waals surface area contributed by atoms with Gasteiger partial charge in [-0.25, -0.2) is 0 Å².